The fourth-order valence-corrected chi connectivity index (χ4v) is 2.91. The molecule has 0 aromatic heterocycles. The number of sulfonamides is 1. The second-order valence-electron chi connectivity index (χ2n) is 6.31. The lowest BCUT2D eigenvalue weighted by Crippen LogP contribution is -2.24. The molecule has 2 aromatic rings. The molecule has 1 atom stereocenters. The molecule has 0 unspecified atom stereocenters. The van der Waals surface area contributed by atoms with Gasteiger partial charge in [0, 0.05) is 31.0 Å². The molecule has 2 rings (SSSR count). The second-order valence-corrected chi connectivity index (χ2v) is 8.06. The van der Waals surface area contributed by atoms with E-state index in [1.165, 1.54) is 31.2 Å². The fraction of sp³-hybridized carbons (Fsp3) is 0.263. The van der Waals surface area contributed by atoms with Gasteiger partial charge in [0.05, 0.1) is 11.8 Å². The molecule has 1 N–H and O–H groups in total. The topological polar surface area (TPSA) is 92.8 Å². The number of nitrogens with one attached hydrogen (secondary N) is 1. The first-order valence-electron chi connectivity index (χ1n) is 8.17. The summed E-state index contributed by atoms with van der Waals surface area (Å²) in [6.07, 6.45) is 0.0630. The van der Waals surface area contributed by atoms with Crippen molar-refractivity contribution < 1.29 is 22.7 Å². The Balaban J connectivity index is 2.06. The van der Waals surface area contributed by atoms with Crippen LogP contribution in [0.1, 0.15) is 27.6 Å². The summed E-state index contributed by atoms with van der Waals surface area (Å²) in [5.74, 6) is -0.965. The van der Waals surface area contributed by atoms with Crippen molar-refractivity contribution in [2.24, 2.45) is 0 Å². The van der Waals surface area contributed by atoms with Crippen molar-refractivity contribution in [1.82, 2.24) is 0 Å². The molecule has 0 bridgehead atoms. The van der Waals surface area contributed by atoms with Crippen LogP contribution in [0.3, 0.4) is 0 Å². The fourth-order valence-electron chi connectivity index (χ4n) is 2.34. The molecule has 2 aromatic carbocycles. The largest absolute Gasteiger partial charge is 0.451 e. The first-order chi connectivity index (χ1) is 12.6. The van der Waals surface area contributed by atoms with Crippen LogP contribution in [0, 0.1) is 0 Å². The van der Waals surface area contributed by atoms with Crippen LogP contribution in [-0.2, 0) is 14.8 Å². The smallest absolute Gasteiger partial charge is 0.338 e. The summed E-state index contributed by atoms with van der Waals surface area (Å²) in [6, 6.07) is 12.8. The van der Waals surface area contributed by atoms with Crippen LogP contribution >= 0.6 is 0 Å². The maximum absolute atomic E-state index is 12.5. The van der Waals surface area contributed by atoms with Gasteiger partial charge in [0.1, 0.15) is 0 Å². The number of nitrogens with zero attached hydrogens (tertiary/aromatic N) is 1. The van der Waals surface area contributed by atoms with Gasteiger partial charge in [0.2, 0.25) is 15.8 Å². The predicted molar refractivity (Wildman–Crippen MR) is 105 cm³/mol. The summed E-state index contributed by atoms with van der Waals surface area (Å²) in [5, 5.41) is 0. The van der Waals surface area contributed by atoms with Gasteiger partial charge in [-0.05, 0) is 49.4 Å². The van der Waals surface area contributed by atoms with E-state index in [0.29, 0.717) is 16.8 Å². The van der Waals surface area contributed by atoms with E-state index in [2.05, 4.69) is 4.72 Å². The lowest BCUT2D eigenvalue weighted by atomic mass is 10.1. The molecule has 0 heterocycles. The minimum absolute atomic E-state index is 0.316. The molecule has 27 heavy (non-hydrogen) atoms. The van der Waals surface area contributed by atoms with E-state index in [4.69, 9.17) is 4.74 Å². The van der Waals surface area contributed by atoms with Crippen molar-refractivity contribution in [1.29, 1.82) is 0 Å². The summed E-state index contributed by atoms with van der Waals surface area (Å²) in [6.45, 7) is 1.50. The Hall–Kier alpha value is -2.87. The number of benzene rings is 2. The van der Waals surface area contributed by atoms with Gasteiger partial charge in [-0.15, -0.1) is 0 Å². The van der Waals surface area contributed by atoms with Crippen LogP contribution in [0.5, 0.6) is 0 Å². The molecule has 8 heteroatoms. The lowest BCUT2D eigenvalue weighted by molar-refractivity contribution is 0.0319. The van der Waals surface area contributed by atoms with E-state index in [0.717, 1.165) is 11.9 Å². The summed E-state index contributed by atoms with van der Waals surface area (Å²) < 4.78 is 30.0. The quantitative estimate of drug-likeness (QED) is 0.577. The van der Waals surface area contributed by atoms with Crippen LogP contribution in [0.25, 0.3) is 0 Å². The van der Waals surface area contributed by atoms with Gasteiger partial charge in [-0.1, -0.05) is 6.07 Å². The van der Waals surface area contributed by atoms with Crippen LogP contribution in [0.4, 0.5) is 11.4 Å². The number of Topliss-reactive ketones (excluding diaryl/α,β-unsaturated/α-hetero) is 1. The number of anilines is 2. The summed E-state index contributed by atoms with van der Waals surface area (Å²) in [7, 11) is 0.329. The number of esters is 1. The Morgan fingerprint density at radius 2 is 1.67 bits per heavy atom. The average molecular weight is 390 g/mol. The Kier molecular flexibility index (Phi) is 6.22. The monoisotopic (exact) mass is 390 g/mol. The summed E-state index contributed by atoms with van der Waals surface area (Å²) in [4.78, 5) is 26.6. The van der Waals surface area contributed by atoms with Crippen LogP contribution < -0.4 is 9.62 Å². The third-order valence-corrected chi connectivity index (χ3v) is 4.33. The normalized spacial score (nSPS) is 12.1. The molecular weight excluding hydrogens is 368 g/mol. The minimum atomic E-state index is -3.39. The maximum atomic E-state index is 12.5. The molecule has 0 saturated carbocycles. The highest BCUT2D eigenvalue weighted by molar-refractivity contribution is 7.92. The van der Waals surface area contributed by atoms with Crippen molar-refractivity contribution in [2.75, 3.05) is 30.0 Å². The molecule has 0 amide bonds. The first kappa shape index (κ1) is 20.4. The number of ketones is 1. The van der Waals surface area contributed by atoms with E-state index in [1.807, 2.05) is 25.1 Å². The van der Waals surface area contributed by atoms with E-state index in [-0.39, 0.29) is 5.78 Å². The Labute approximate surface area is 159 Å². The zero-order chi connectivity index (χ0) is 20.2. The second kappa shape index (κ2) is 8.22. The van der Waals surface area contributed by atoms with E-state index >= 15 is 0 Å². The number of carbonyl (C=O) groups excluding carboxylic acids is 2. The third kappa shape index (κ3) is 5.82. The molecule has 0 fully saturated rings. The van der Waals surface area contributed by atoms with E-state index in [9.17, 15) is 18.0 Å². The number of rotatable bonds is 7. The van der Waals surface area contributed by atoms with Gasteiger partial charge in [-0.25, -0.2) is 13.2 Å². The van der Waals surface area contributed by atoms with Crippen molar-refractivity contribution in [3.8, 4) is 0 Å². The van der Waals surface area contributed by atoms with Crippen LogP contribution in [-0.4, -0.2) is 46.6 Å². The zero-order valence-electron chi connectivity index (χ0n) is 15.6. The predicted octanol–water partition coefficient (Wildman–Crippen LogP) is 2.55. The van der Waals surface area contributed by atoms with Crippen molar-refractivity contribution >= 4 is 33.2 Å². The van der Waals surface area contributed by atoms with Gasteiger partial charge in [0.25, 0.3) is 0 Å². The standard InChI is InChI=1S/C19H22N2O5S/c1-13(26-19(23)15-6-5-7-17(12-15)21(2)3)18(22)14-8-10-16(11-9-14)20-27(4,24)25/h5-13,20H,1-4H3/t13-/m1/s1. The molecular formula is C19H22N2O5S. The number of carbonyl (C=O) groups is 2. The number of hydrogen-bond acceptors (Lipinski definition) is 6. The van der Waals surface area contributed by atoms with Crippen molar-refractivity contribution in [3.63, 3.8) is 0 Å². The third-order valence-electron chi connectivity index (χ3n) is 3.72. The molecule has 0 aliphatic carbocycles. The number of ether oxygens (including phenoxy) is 1. The van der Waals surface area contributed by atoms with Gasteiger partial charge in [0.15, 0.2) is 6.10 Å². The Morgan fingerprint density at radius 1 is 1.04 bits per heavy atom. The molecule has 7 nitrogen and oxygen atoms in total. The van der Waals surface area contributed by atoms with Crippen LogP contribution in [0.15, 0.2) is 48.5 Å². The molecule has 0 aliphatic rings. The SMILES string of the molecule is C[C@@H](OC(=O)c1cccc(N(C)C)c1)C(=O)c1ccc(NS(C)(=O)=O)cc1. The van der Waals surface area contributed by atoms with E-state index < -0.39 is 22.1 Å². The Morgan fingerprint density at radius 3 is 2.22 bits per heavy atom. The molecule has 0 aliphatic heterocycles. The first-order valence-corrected chi connectivity index (χ1v) is 10.1. The lowest BCUT2D eigenvalue weighted by Gasteiger charge is -2.15. The zero-order valence-corrected chi connectivity index (χ0v) is 16.4. The van der Waals surface area contributed by atoms with Gasteiger partial charge < -0.3 is 9.64 Å². The van der Waals surface area contributed by atoms with Crippen molar-refractivity contribution in [2.45, 2.75) is 13.0 Å². The van der Waals surface area contributed by atoms with E-state index in [1.54, 1.807) is 18.2 Å². The molecule has 0 saturated heterocycles. The van der Waals surface area contributed by atoms with Crippen molar-refractivity contribution in [3.05, 3.63) is 59.7 Å². The number of hydrogen-bond donors (Lipinski definition) is 1. The molecule has 0 radical (unpaired) electrons. The van der Waals surface area contributed by atoms with Gasteiger partial charge >= 0.3 is 5.97 Å². The summed E-state index contributed by atoms with van der Waals surface area (Å²) >= 11 is 0. The van der Waals surface area contributed by atoms with Gasteiger partial charge in [-0.3, -0.25) is 9.52 Å². The van der Waals surface area contributed by atoms with Gasteiger partial charge in [-0.2, -0.15) is 0 Å². The maximum Gasteiger partial charge on any atom is 0.338 e. The van der Waals surface area contributed by atoms with Crippen LogP contribution in [0.2, 0.25) is 0 Å². The molecule has 0 spiro atoms. The highest BCUT2D eigenvalue weighted by Crippen LogP contribution is 2.17. The minimum Gasteiger partial charge on any atom is -0.451 e. The highest BCUT2D eigenvalue weighted by atomic mass is 32.2. The Bertz CT molecular complexity index is 937. The average Bonchev–Trinajstić information content (AvgIpc) is 2.60. The highest BCUT2D eigenvalue weighted by Gasteiger charge is 2.21. The molecule has 144 valence electrons. The summed E-state index contributed by atoms with van der Waals surface area (Å²) in [5.41, 5.74) is 1.86.